The Bertz CT molecular complexity index is 933. The van der Waals surface area contributed by atoms with E-state index in [0.29, 0.717) is 17.1 Å². The van der Waals surface area contributed by atoms with Crippen molar-refractivity contribution in [2.24, 2.45) is 0 Å². The molecule has 4 rings (SSSR count). The zero-order valence-corrected chi connectivity index (χ0v) is 12.6. The van der Waals surface area contributed by atoms with Gasteiger partial charge in [0.2, 0.25) is 0 Å². The molecule has 1 saturated carbocycles. The quantitative estimate of drug-likeness (QED) is 0.684. The number of carbonyl (C=O) groups is 1. The largest absolute Gasteiger partial charge is 0.381 e. The van der Waals surface area contributed by atoms with Gasteiger partial charge in [-0.05, 0) is 31.0 Å². The van der Waals surface area contributed by atoms with Crippen molar-refractivity contribution in [3.63, 3.8) is 0 Å². The van der Waals surface area contributed by atoms with Gasteiger partial charge in [0.15, 0.2) is 0 Å². The van der Waals surface area contributed by atoms with E-state index >= 15 is 0 Å². The number of rotatable bonds is 4. The van der Waals surface area contributed by atoms with Crippen LogP contribution >= 0.6 is 0 Å². The number of amides is 1. The normalized spacial score (nSPS) is 13.9. The van der Waals surface area contributed by atoms with E-state index in [0.717, 1.165) is 24.6 Å². The maximum atomic E-state index is 13.7. The second-order valence-corrected chi connectivity index (χ2v) is 5.83. The van der Waals surface area contributed by atoms with Crippen LogP contribution in [0.5, 0.6) is 0 Å². The van der Waals surface area contributed by atoms with Gasteiger partial charge in [0.05, 0.1) is 23.1 Å². The zero-order valence-electron chi connectivity index (χ0n) is 12.6. The highest BCUT2D eigenvalue weighted by Crippen LogP contribution is 2.29. The van der Waals surface area contributed by atoms with Gasteiger partial charge in [-0.15, -0.1) is 0 Å². The zero-order chi connectivity index (χ0) is 16.7. The number of pyridine rings is 1. The molecule has 0 spiro atoms. The predicted octanol–water partition coefficient (Wildman–Crippen LogP) is 3.67. The molecular formula is C17H14F2N4O. The van der Waals surface area contributed by atoms with Crippen molar-refractivity contribution in [2.45, 2.75) is 18.9 Å². The SMILES string of the molecule is O=C(Nc1cnccc1NC1CC1)c1cc2cc(F)cc(F)c2[nH]1. The molecule has 0 bridgehead atoms. The maximum absolute atomic E-state index is 13.7. The minimum atomic E-state index is -0.735. The molecule has 0 saturated heterocycles. The van der Waals surface area contributed by atoms with Crippen LogP contribution in [0.1, 0.15) is 23.3 Å². The summed E-state index contributed by atoms with van der Waals surface area (Å²) in [5.41, 5.74) is 1.58. The molecule has 1 amide bonds. The van der Waals surface area contributed by atoms with E-state index in [-0.39, 0.29) is 11.2 Å². The van der Waals surface area contributed by atoms with E-state index in [1.54, 1.807) is 18.5 Å². The van der Waals surface area contributed by atoms with Crippen molar-refractivity contribution in [1.29, 1.82) is 0 Å². The first-order valence-corrected chi connectivity index (χ1v) is 7.60. The van der Waals surface area contributed by atoms with Crippen molar-refractivity contribution < 1.29 is 13.6 Å². The summed E-state index contributed by atoms with van der Waals surface area (Å²) in [6, 6.07) is 5.58. The molecule has 0 aliphatic heterocycles. The van der Waals surface area contributed by atoms with Crippen LogP contribution < -0.4 is 10.6 Å². The molecule has 2 aromatic heterocycles. The molecule has 3 N–H and O–H groups in total. The summed E-state index contributed by atoms with van der Waals surface area (Å²) in [6.07, 6.45) is 5.39. The number of carbonyl (C=O) groups excluding carboxylic acids is 1. The van der Waals surface area contributed by atoms with Gasteiger partial charge in [0.1, 0.15) is 17.3 Å². The molecule has 1 aromatic carbocycles. The minimum Gasteiger partial charge on any atom is -0.381 e. The first-order valence-electron chi connectivity index (χ1n) is 7.60. The van der Waals surface area contributed by atoms with Crippen molar-refractivity contribution in [3.8, 4) is 0 Å². The Kier molecular flexibility index (Phi) is 3.41. The Morgan fingerprint density at radius 1 is 1.21 bits per heavy atom. The van der Waals surface area contributed by atoms with Gasteiger partial charge in [-0.3, -0.25) is 9.78 Å². The van der Waals surface area contributed by atoms with E-state index in [2.05, 4.69) is 20.6 Å². The first-order chi connectivity index (χ1) is 11.6. The van der Waals surface area contributed by atoms with Crippen LogP contribution in [0, 0.1) is 11.6 Å². The lowest BCUT2D eigenvalue weighted by molar-refractivity contribution is 0.102. The van der Waals surface area contributed by atoms with Gasteiger partial charge in [0, 0.05) is 23.7 Å². The summed E-state index contributed by atoms with van der Waals surface area (Å²) >= 11 is 0. The van der Waals surface area contributed by atoms with Gasteiger partial charge in [-0.25, -0.2) is 8.78 Å². The Balaban J connectivity index is 1.61. The summed E-state index contributed by atoms with van der Waals surface area (Å²) in [6.45, 7) is 0. The third kappa shape index (κ3) is 2.80. The summed E-state index contributed by atoms with van der Waals surface area (Å²) in [4.78, 5) is 19.1. The lowest BCUT2D eigenvalue weighted by Gasteiger charge is -2.11. The molecule has 24 heavy (non-hydrogen) atoms. The van der Waals surface area contributed by atoms with Gasteiger partial charge in [-0.2, -0.15) is 0 Å². The monoisotopic (exact) mass is 328 g/mol. The van der Waals surface area contributed by atoms with Crippen LogP contribution in [0.2, 0.25) is 0 Å². The van der Waals surface area contributed by atoms with Crippen molar-refractivity contribution in [3.05, 3.63) is 54.0 Å². The fourth-order valence-electron chi connectivity index (χ4n) is 2.54. The number of nitrogens with zero attached hydrogens (tertiary/aromatic N) is 1. The number of hydrogen-bond acceptors (Lipinski definition) is 3. The van der Waals surface area contributed by atoms with E-state index in [4.69, 9.17) is 0 Å². The van der Waals surface area contributed by atoms with E-state index in [1.165, 1.54) is 12.1 Å². The van der Waals surface area contributed by atoms with E-state index in [9.17, 15) is 13.6 Å². The summed E-state index contributed by atoms with van der Waals surface area (Å²) < 4.78 is 27.0. The van der Waals surface area contributed by atoms with Crippen molar-refractivity contribution in [2.75, 3.05) is 10.6 Å². The average Bonchev–Trinajstić information content (AvgIpc) is 3.25. The Labute approximate surface area is 136 Å². The third-order valence-electron chi connectivity index (χ3n) is 3.90. The molecule has 7 heteroatoms. The first kappa shape index (κ1) is 14.6. The van der Waals surface area contributed by atoms with E-state index in [1.807, 2.05) is 0 Å². The van der Waals surface area contributed by atoms with Crippen LogP contribution in [0.15, 0.2) is 36.7 Å². The summed E-state index contributed by atoms with van der Waals surface area (Å²) in [5.74, 6) is -1.87. The molecule has 1 aliphatic rings. The Morgan fingerprint density at radius 2 is 2.04 bits per heavy atom. The fourth-order valence-corrected chi connectivity index (χ4v) is 2.54. The van der Waals surface area contributed by atoms with E-state index < -0.39 is 17.5 Å². The van der Waals surface area contributed by atoms with Crippen LogP contribution in [0.4, 0.5) is 20.2 Å². The van der Waals surface area contributed by atoms with Crippen molar-refractivity contribution in [1.82, 2.24) is 9.97 Å². The van der Waals surface area contributed by atoms with Gasteiger partial charge in [0.25, 0.3) is 5.91 Å². The Morgan fingerprint density at radius 3 is 2.83 bits per heavy atom. The third-order valence-corrected chi connectivity index (χ3v) is 3.90. The molecule has 122 valence electrons. The molecule has 3 aromatic rings. The maximum Gasteiger partial charge on any atom is 0.272 e. The van der Waals surface area contributed by atoms with Gasteiger partial charge >= 0.3 is 0 Å². The highest BCUT2D eigenvalue weighted by molar-refractivity contribution is 6.07. The molecule has 5 nitrogen and oxygen atoms in total. The smallest absolute Gasteiger partial charge is 0.272 e. The highest BCUT2D eigenvalue weighted by atomic mass is 19.1. The number of fused-ring (bicyclic) bond motifs is 1. The summed E-state index contributed by atoms with van der Waals surface area (Å²) in [7, 11) is 0. The fraction of sp³-hybridized carbons (Fsp3) is 0.176. The minimum absolute atomic E-state index is 0.101. The van der Waals surface area contributed by atoms with Crippen LogP contribution in [0.25, 0.3) is 10.9 Å². The second kappa shape index (κ2) is 5.59. The Hall–Kier alpha value is -2.96. The van der Waals surface area contributed by atoms with Crippen LogP contribution in [0.3, 0.4) is 0 Å². The highest BCUT2D eigenvalue weighted by Gasteiger charge is 2.22. The predicted molar refractivity (Wildman–Crippen MR) is 87.0 cm³/mol. The van der Waals surface area contributed by atoms with Crippen LogP contribution in [-0.2, 0) is 0 Å². The number of benzene rings is 1. The second-order valence-electron chi connectivity index (χ2n) is 5.83. The number of halogens is 2. The molecule has 0 radical (unpaired) electrons. The lowest BCUT2D eigenvalue weighted by Crippen LogP contribution is -2.14. The molecule has 0 unspecified atom stereocenters. The number of aromatic nitrogens is 2. The number of hydrogen-bond donors (Lipinski definition) is 3. The number of nitrogens with one attached hydrogen (secondary N) is 3. The molecule has 2 heterocycles. The molecule has 1 fully saturated rings. The molecular weight excluding hydrogens is 314 g/mol. The molecule has 1 aliphatic carbocycles. The van der Waals surface area contributed by atoms with Gasteiger partial charge in [-0.1, -0.05) is 0 Å². The topological polar surface area (TPSA) is 69.8 Å². The number of aromatic amines is 1. The summed E-state index contributed by atoms with van der Waals surface area (Å²) in [5, 5.41) is 6.36. The lowest BCUT2D eigenvalue weighted by atomic mass is 10.2. The number of H-pyrrole nitrogens is 1. The van der Waals surface area contributed by atoms with Gasteiger partial charge < -0.3 is 15.6 Å². The number of anilines is 2. The molecule has 0 atom stereocenters. The standard InChI is InChI=1S/C17H14F2N4O/c18-10-5-9-6-14(22-16(9)12(19)7-10)17(24)23-15-8-20-4-3-13(15)21-11-1-2-11/h3-8,11,22H,1-2H2,(H,20,21)(H,23,24). The van der Waals surface area contributed by atoms with Crippen LogP contribution in [-0.4, -0.2) is 21.9 Å². The average molecular weight is 328 g/mol. The van der Waals surface area contributed by atoms with Crippen molar-refractivity contribution >= 4 is 28.2 Å².